The van der Waals surface area contributed by atoms with Gasteiger partial charge in [-0.2, -0.15) is 9.99 Å². The average molecular weight is 355 g/mol. The van der Waals surface area contributed by atoms with Crippen molar-refractivity contribution in [2.45, 2.75) is 17.2 Å². The largest absolute Gasteiger partial charge is 0.618 e. The Kier molecular flexibility index (Phi) is 4.69. The molecule has 2 heterocycles. The van der Waals surface area contributed by atoms with Gasteiger partial charge in [-0.1, -0.05) is 12.1 Å². The highest BCUT2D eigenvalue weighted by Crippen LogP contribution is 2.32. The fraction of sp³-hybridized carbons (Fsp3) is 0.118. The minimum absolute atomic E-state index is 0.0783. The Morgan fingerprint density at radius 3 is 2.79 bits per heavy atom. The van der Waals surface area contributed by atoms with Crippen molar-refractivity contribution in [3.05, 3.63) is 64.6 Å². The van der Waals surface area contributed by atoms with E-state index in [0.29, 0.717) is 10.0 Å². The summed E-state index contributed by atoms with van der Waals surface area (Å²) < 4.78 is 1.69. The number of aliphatic hydroxyl groups excluding tert-OH is 1. The molecule has 1 atom stereocenters. The lowest BCUT2D eigenvalue weighted by Crippen LogP contribution is -2.28. The fourth-order valence-electron chi connectivity index (χ4n) is 2.14. The molecule has 120 valence electrons. The zero-order valence-corrected chi connectivity index (χ0v) is 14.3. The third-order valence-electron chi connectivity index (χ3n) is 3.35. The Labute approximate surface area is 147 Å². The van der Waals surface area contributed by atoms with Crippen LogP contribution in [0.5, 0.6) is 0 Å². The predicted octanol–water partition coefficient (Wildman–Crippen LogP) is 3.90. The lowest BCUT2D eigenvalue weighted by Gasteiger charge is -2.11. The van der Waals surface area contributed by atoms with E-state index in [-0.39, 0.29) is 11.3 Å². The highest BCUT2D eigenvalue weighted by Gasteiger charge is 2.21. The summed E-state index contributed by atoms with van der Waals surface area (Å²) in [5.74, 6) is -0.0783. The first-order valence-corrected chi connectivity index (χ1v) is 8.84. The second-order valence-electron chi connectivity index (χ2n) is 4.98. The number of hydrogen-bond acceptors (Lipinski definition) is 6. The molecule has 3 aromatic rings. The number of fused-ring (bicyclic) bond motifs is 1. The van der Waals surface area contributed by atoms with E-state index in [4.69, 9.17) is 0 Å². The van der Waals surface area contributed by atoms with E-state index >= 15 is 0 Å². The van der Waals surface area contributed by atoms with Gasteiger partial charge in [0.05, 0.1) is 15.5 Å². The second kappa shape index (κ2) is 6.91. The Morgan fingerprint density at radius 1 is 1.33 bits per heavy atom. The first kappa shape index (κ1) is 16.3. The van der Waals surface area contributed by atoms with Crippen LogP contribution in [-0.2, 0) is 0 Å². The van der Waals surface area contributed by atoms with Crippen LogP contribution in [-0.4, -0.2) is 15.3 Å². The van der Waals surface area contributed by atoms with E-state index < -0.39 is 5.25 Å². The van der Waals surface area contributed by atoms with E-state index in [1.807, 2.05) is 30.3 Å². The lowest BCUT2D eigenvalue weighted by molar-refractivity contribution is -0.645. The first-order chi connectivity index (χ1) is 11.6. The van der Waals surface area contributed by atoms with Gasteiger partial charge >= 0.3 is 0 Å². The zero-order valence-electron chi connectivity index (χ0n) is 12.7. The van der Waals surface area contributed by atoms with Gasteiger partial charge in [-0.25, -0.2) is 4.98 Å². The molecule has 1 aromatic carbocycles. The molecular weight excluding hydrogens is 342 g/mol. The summed E-state index contributed by atoms with van der Waals surface area (Å²) >= 11 is 2.55. The molecule has 1 N–H and O–H groups in total. The molecule has 7 heteroatoms. The Hall–Kier alpha value is -2.56. The predicted molar refractivity (Wildman–Crippen MR) is 95.5 cm³/mol. The summed E-state index contributed by atoms with van der Waals surface area (Å²) in [6.45, 7) is 1.75. The molecule has 0 amide bonds. The monoisotopic (exact) mass is 355 g/mol. The van der Waals surface area contributed by atoms with Crippen LogP contribution in [0.2, 0.25) is 0 Å². The second-order valence-corrected chi connectivity index (χ2v) is 7.38. The van der Waals surface area contributed by atoms with Gasteiger partial charge in [0.15, 0.2) is 6.20 Å². The van der Waals surface area contributed by atoms with Gasteiger partial charge < -0.3 is 10.3 Å². The highest BCUT2D eigenvalue weighted by molar-refractivity contribution is 7.99. The Bertz CT molecular complexity index is 927. The molecule has 0 spiro atoms. The van der Waals surface area contributed by atoms with Gasteiger partial charge in [0.25, 0.3) is 5.03 Å². The van der Waals surface area contributed by atoms with Crippen molar-refractivity contribution in [1.29, 1.82) is 5.26 Å². The molecular formula is C17H13N3O2S2. The maximum atomic E-state index is 11.7. The molecule has 0 bridgehead atoms. The van der Waals surface area contributed by atoms with Crippen molar-refractivity contribution in [2.24, 2.45) is 0 Å². The van der Waals surface area contributed by atoms with Crippen molar-refractivity contribution in [3.8, 4) is 6.07 Å². The van der Waals surface area contributed by atoms with Crippen molar-refractivity contribution in [2.75, 3.05) is 0 Å². The number of nitriles is 1. The molecule has 5 nitrogen and oxygen atoms in total. The third kappa shape index (κ3) is 3.20. The quantitative estimate of drug-likeness (QED) is 0.252. The van der Waals surface area contributed by atoms with Gasteiger partial charge in [0.1, 0.15) is 22.4 Å². The number of benzene rings is 1. The summed E-state index contributed by atoms with van der Waals surface area (Å²) in [6.07, 6.45) is 1.40. The minimum Gasteiger partial charge on any atom is -0.618 e. The van der Waals surface area contributed by atoms with Gasteiger partial charge in [-0.15, -0.1) is 11.3 Å². The van der Waals surface area contributed by atoms with E-state index in [0.717, 1.165) is 14.9 Å². The topological polar surface area (TPSA) is 83.9 Å². The molecule has 24 heavy (non-hydrogen) atoms. The number of pyridine rings is 1. The molecule has 0 aliphatic heterocycles. The lowest BCUT2D eigenvalue weighted by atomic mass is 10.2. The first-order valence-electron chi connectivity index (χ1n) is 7.14. The Morgan fingerprint density at radius 2 is 2.08 bits per heavy atom. The van der Waals surface area contributed by atoms with Crippen molar-refractivity contribution in [1.82, 2.24) is 4.98 Å². The van der Waals surface area contributed by atoms with Gasteiger partial charge in [-0.05, 0) is 36.9 Å². The Balaban J connectivity index is 1.95. The van der Waals surface area contributed by atoms with Crippen LogP contribution in [0.4, 0.5) is 0 Å². The van der Waals surface area contributed by atoms with E-state index in [2.05, 4.69) is 4.98 Å². The van der Waals surface area contributed by atoms with E-state index in [1.165, 1.54) is 29.3 Å². The van der Waals surface area contributed by atoms with Crippen molar-refractivity contribution in [3.63, 3.8) is 0 Å². The standard InChI is InChI=1S/C17H13N3O2S2/c1-11(23-15-8-4-5-9-20(15)22)16(21)12(10-18)17-19-13-6-2-3-7-14(13)24-17/h2-9,11,21H,1H3/t11-/m1/s1. The molecule has 0 aliphatic rings. The van der Waals surface area contributed by atoms with E-state index in [1.54, 1.807) is 25.1 Å². The number of aromatic nitrogens is 2. The number of para-hydroxylation sites is 1. The van der Waals surface area contributed by atoms with Crippen LogP contribution in [0.1, 0.15) is 11.9 Å². The smallest absolute Gasteiger partial charge is 0.252 e. The van der Waals surface area contributed by atoms with Crippen LogP contribution < -0.4 is 4.73 Å². The van der Waals surface area contributed by atoms with Gasteiger partial charge in [0, 0.05) is 12.1 Å². The molecule has 2 aromatic heterocycles. The van der Waals surface area contributed by atoms with Crippen molar-refractivity contribution >= 4 is 38.9 Å². The number of hydrogen-bond donors (Lipinski definition) is 1. The van der Waals surface area contributed by atoms with Crippen LogP contribution in [0, 0.1) is 16.5 Å². The normalized spacial score (nSPS) is 13.3. The molecule has 3 rings (SSSR count). The molecule has 0 aliphatic carbocycles. The average Bonchev–Trinajstić information content (AvgIpc) is 3.01. The summed E-state index contributed by atoms with van der Waals surface area (Å²) in [5, 5.41) is 32.2. The highest BCUT2D eigenvalue weighted by atomic mass is 32.2. The van der Waals surface area contributed by atoms with Crippen LogP contribution in [0.3, 0.4) is 0 Å². The van der Waals surface area contributed by atoms with Gasteiger partial charge in [0.2, 0.25) is 0 Å². The summed E-state index contributed by atoms with van der Waals surface area (Å²) in [5.41, 5.74) is 0.934. The van der Waals surface area contributed by atoms with E-state index in [9.17, 15) is 15.6 Å². The molecule has 0 radical (unpaired) electrons. The van der Waals surface area contributed by atoms with Gasteiger partial charge in [-0.3, -0.25) is 0 Å². The SMILES string of the molecule is C[C@@H](Sc1cccc[n+]1[O-])C(O)=C(C#N)c1nc2ccccc2s1. The number of thiazole rings is 1. The summed E-state index contributed by atoms with van der Waals surface area (Å²) in [7, 11) is 0. The fourth-order valence-corrected chi connectivity index (χ4v) is 4.02. The number of thioether (sulfide) groups is 1. The minimum atomic E-state index is -0.450. The zero-order chi connectivity index (χ0) is 17.1. The number of allylic oxidation sites excluding steroid dienone is 1. The molecule has 0 fully saturated rings. The van der Waals surface area contributed by atoms with Crippen LogP contribution >= 0.6 is 23.1 Å². The van der Waals surface area contributed by atoms with Crippen molar-refractivity contribution < 1.29 is 9.84 Å². The molecule has 0 saturated heterocycles. The summed E-state index contributed by atoms with van der Waals surface area (Å²) in [4.78, 5) is 4.41. The number of aliphatic hydroxyl groups is 1. The molecule has 0 unspecified atom stereocenters. The van der Waals surface area contributed by atoms with Crippen LogP contribution in [0.25, 0.3) is 15.8 Å². The maximum Gasteiger partial charge on any atom is 0.252 e. The summed E-state index contributed by atoms with van der Waals surface area (Å²) in [6, 6.07) is 14.7. The third-order valence-corrected chi connectivity index (χ3v) is 5.54. The molecule has 0 saturated carbocycles. The number of nitrogens with zero attached hydrogens (tertiary/aromatic N) is 3. The number of rotatable bonds is 4. The maximum absolute atomic E-state index is 11.7. The van der Waals surface area contributed by atoms with Crippen LogP contribution in [0.15, 0.2) is 59.4 Å².